The fourth-order valence-electron chi connectivity index (χ4n) is 3.50. The summed E-state index contributed by atoms with van der Waals surface area (Å²) in [4.78, 5) is 0. The molecule has 0 aliphatic carbocycles. The van der Waals surface area contributed by atoms with E-state index in [1.807, 2.05) is 24.3 Å². The Morgan fingerprint density at radius 1 is 0.833 bits per heavy atom. The number of hydrogen-bond donors (Lipinski definition) is 0. The number of aryl methyl sites for hydroxylation is 2. The van der Waals surface area contributed by atoms with Gasteiger partial charge in [0.1, 0.15) is 18.2 Å². The van der Waals surface area contributed by atoms with Gasteiger partial charge >= 0.3 is 0 Å². The average Bonchev–Trinajstić information content (AvgIpc) is 3.10. The topological polar surface area (TPSA) is 30.2 Å². The Morgan fingerprint density at radius 3 is 2.50 bits per heavy atom. The van der Waals surface area contributed by atoms with E-state index in [-0.39, 0.29) is 0 Å². The second kappa shape index (κ2) is 4.71. The molecule has 2 aromatic carbocycles. The maximum absolute atomic E-state index is 6.02. The molecule has 0 saturated heterocycles. The van der Waals surface area contributed by atoms with Gasteiger partial charge in [-0.2, -0.15) is 0 Å². The molecular formula is C21H16NO2+. The van der Waals surface area contributed by atoms with E-state index in [4.69, 9.17) is 8.83 Å². The fraction of sp³-hybridized carbons (Fsp3) is 0.0952. The Balaban J connectivity index is 1.86. The first-order valence-corrected chi connectivity index (χ1v) is 8.02. The second-order valence-corrected chi connectivity index (χ2v) is 6.22. The first-order chi connectivity index (χ1) is 11.7. The van der Waals surface area contributed by atoms with Crippen molar-refractivity contribution >= 4 is 33.1 Å². The van der Waals surface area contributed by atoms with E-state index in [1.54, 1.807) is 0 Å². The number of nitrogens with zero attached hydrogens (tertiary/aromatic N) is 1. The van der Waals surface area contributed by atoms with Crippen LogP contribution in [-0.2, 0) is 7.05 Å². The summed E-state index contributed by atoms with van der Waals surface area (Å²) in [6, 6.07) is 18.6. The Morgan fingerprint density at radius 2 is 1.62 bits per heavy atom. The Hall–Kier alpha value is -3.07. The van der Waals surface area contributed by atoms with E-state index < -0.39 is 0 Å². The summed E-state index contributed by atoms with van der Waals surface area (Å²) < 4.78 is 14.0. The molecule has 0 saturated carbocycles. The highest BCUT2D eigenvalue weighted by Gasteiger charge is 2.19. The zero-order chi connectivity index (χ0) is 16.3. The predicted molar refractivity (Wildman–Crippen MR) is 94.8 cm³/mol. The molecule has 0 aliphatic heterocycles. The van der Waals surface area contributed by atoms with Gasteiger partial charge in [-0.15, -0.1) is 0 Å². The molecule has 3 heteroatoms. The Bertz CT molecular complexity index is 1230. The minimum absolute atomic E-state index is 0.597. The van der Waals surface area contributed by atoms with Gasteiger partial charge in [-0.1, -0.05) is 18.2 Å². The maximum Gasteiger partial charge on any atom is 0.299 e. The van der Waals surface area contributed by atoms with Crippen molar-refractivity contribution in [2.75, 3.05) is 0 Å². The van der Waals surface area contributed by atoms with Crippen LogP contribution in [0, 0.1) is 6.92 Å². The van der Waals surface area contributed by atoms with Crippen LogP contribution in [0.1, 0.15) is 5.56 Å². The van der Waals surface area contributed by atoms with Gasteiger partial charge in [-0.05, 0) is 36.8 Å². The molecule has 0 N–H and O–H groups in total. The van der Waals surface area contributed by atoms with Crippen molar-refractivity contribution in [1.29, 1.82) is 0 Å². The van der Waals surface area contributed by atoms with Crippen LogP contribution in [0.25, 0.3) is 44.4 Å². The molecule has 116 valence electrons. The highest BCUT2D eigenvalue weighted by atomic mass is 16.5. The molecule has 0 fully saturated rings. The van der Waals surface area contributed by atoms with Crippen molar-refractivity contribution in [3.05, 3.63) is 66.4 Å². The molecule has 5 rings (SSSR count). The van der Waals surface area contributed by atoms with E-state index in [1.165, 1.54) is 11.1 Å². The van der Waals surface area contributed by atoms with Gasteiger partial charge in [0.25, 0.3) is 5.78 Å². The summed E-state index contributed by atoms with van der Waals surface area (Å²) in [6.07, 6.45) is 2.06. The SMILES string of the molecule is Cc1cc2c(cc1-c1cccc[n+]1C)oc1oc3ccccc3c12. The van der Waals surface area contributed by atoms with Gasteiger partial charge in [0.15, 0.2) is 6.20 Å². The van der Waals surface area contributed by atoms with Crippen LogP contribution >= 0.6 is 0 Å². The standard InChI is InChI=1S/C21H16NO2/c1-13-11-16-19(12-15(13)17-8-5-6-10-22(17)2)24-21-20(16)14-7-3-4-9-18(14)23-21/h3-12H,1-2H3/q+1. The quantitative estimate of drug-likeness (QED) is 0.401. The summed E-state index contributed by atoms with van der Waals surface area (Å²) in [5.41, 5.74) is 5.28. The van der Waals surface area contributed by atoms with Crippen LogP contribution in [-0.4, -0.2) is 0 Å². The average molecular weight is 314 g/mol. The molecule has 3 aromatic heterocycles. The van der Waals surface area contributed by atoms with Gasteiger partial charge in [0.05, 0.1) is 10.9 Å². The van der Waals surface area contributed by atoms with Gasteiger partial charge < -0.3 is 8.83 Å². The van der Waals surface area contributed by atoms with E-state index in [2.05, 4.69) is 55.1 Å². The smallest absolute Gasteiger partial charge is 0.299 e. The van der Waals surface area contributed by atoms with Crippen molar-refractivity contribution < 1.29 is 13.4 Å². The van der Waals surface area contributed by atoms with Crippen LogP contribution < -0.4 is 4.57 Å². The molecular weight excluding hydrogens is 298 g/mol. The van der Waals surface area contributed by atoms with Crippen LogP contribution in [0.5, 0.6) is 0 Å². The number of aromatic nitrogens is 1. The van der Waals surface area contributed by atoms with Crippen LogP contribution in [0.2, 0.25) is 0 Å². The van der Waals surface area contributed by atoms with E-state index in [0.29, 0.717) is 5.78 Å². The zero-order valence-electron chi connectivity index (χ0n) is 13.5. The van der Waals surface area contributed by atoms with Gasteiger partial charge in [-0.3, -0.25) is 0 Å². The van der Waals surface area contributed by atoms with E-state index >= 15 is 0 Å². The number of benzene rings is 2. The molecule has 0 radical (unpaired) electrons. The highest BCUT2D eigenvalue weighted by Crippen LogP contribution is 2.39. The third kappa shape index (κ3) is 1.75. The lowest BCUT2D eigenvalue weighted by Gasteiger charge is -2.04. The van der Waals surface area contributed by atoms with Crippen LogP contribution in [0.4, 0.5) is 0 Å². The van der Waals surface area contributed by atoms with Crippen LogP contribution in [0.15, 0.2) is 69.6 Å². The van der Waals surface area contributed by atoms with Gasteiger partial charge in [-0.25, -0.2) is 4.57 Å². The predicted octanol–water partition coefficient (Wildman–Crippen LogP) is 5.13. The lowest BCUT2D eigenvalue weighted by atomic mass is 10.0. The third-order valence-electron chi connectivity index (χ3n) is 4.69. The Labute approximate surface area is 138 Å². The normalized spacial score (nSPS) is 11.8. The molecule has 3 heterocycles. The molecule has 0 atom stereocenters. The number of para-hydroxylation sites is 1. The highest BCUT2D eigenvalue weighted by molar-refractivity contribution is 6.17. The van der Waals surface area contributed by atoms with Crippen molar-refractivity contribution in [2.24, 2.45) is 7.05 Å². The lowest BCUT2D eigenvalue weighted by Crippen LogP contribution is -2.30. The van der Waals surface area contributed by atoms with E-state index in [9.17, 15) is 0 Å². The number of hydrogen-bond acceptors (Lipinski definition) is 2. The first kappa shape index (κ1) is 13.4. The largest absolute Gasteiger partial charge is 0.425 e. The minimum Gasteiger partial charge on any atom is -0.425 e. The van der Waals surface area contributed by atoms with E-state index in [0.717, 1.165) is 33.0 Å². The molecule has 0 unspecified atom stereocenters. The fourth-order valence-corrected chi connectivity index (χ4v) is 3.50. The number of pyridine rings is 1. The summed E-state index contributed by atoms with van der Waals surface area (Å²) in [7, 11) is 2.06. The Kier molecular flexibility index (Phi) is 2.63. The maximum atomic E-state index is 6.02. The molecule has 0 amide bonds. The van der Waals surface area contributed by atoms with Crippen molar-refractivity contribution in [1.82, 2.24) is 0 Å². The number of rotatable bonds is 1. The van der Waals surface area contributed by atoms with Gasteiger partial charge in [0.2, 0.25) is 5.69 Å². The minimum atomic E-state index is 0.597. The number of fused-ring (bicyclic) bond motifs is 5. The van der Waals surface area contributed by atoms with Crippen LogP contribution in [0.3, 0.4) is 0 Å². The monoisotopic (exact) mass is 314 g/mol. The second-order valence-electron chi connectivity index (χ2n) is 6.22. The summed E-state index contributed by atoms with van der Waals surface area (Å²) >= 11 is 0. The molecule has 5 aromatic rings. The molecule has 24 heavy (non-hydrogen) atoms. The summed E-state index contributed by atoms with van der Waals surface area (Å²) in [5, 5.41) is 3.27. The molecule has 3 nitrogen and oxygen atoms in total. The molecule has 0 spiro atoms. The molecule has 0 aliphatic rings. The van der Waals surface area contributed by atoms with Crippen molar-refractivity contribution in [3.8, 4) is 11.3 Å². The first-order valence-electron chi connectivity index (χ1n) is 8.02. The summed E-state index contributed by atoms with van der Waals surface area (Å²) in [5.74, 6) is 0.597. The summed E-state index contributed by atoms with van der Waals surface area (Å²) in [6.45, 7) is 2.14. The number of furan rings is 2. The molecule has 0 bridgehead atoms. The third-order valence-corrected chi connectivity index (χ3v) is 4.69. The van der Waals surface area contributed by atoms with Crippen molar-refractivity contribution in [2.45, 2.75) is 6.92 Å². The zero-order valence-corrected chi connectivity index (χ0v) is 13.5. The lowest BCUT2D eigenvalue weighted by molar-refractivity contribution is -0.660. The van der Waals surface area contributed by atoms with Crippen molar-refractivity contribution in [3.63, 3.8) is 0 Å². The van der Waals surface area contributed by atoms with Gasteiger partial charge in [0, 0.05) is 22.9 Å².